The summed E-state index contributed by atoms with van der Waals surface area (Å²) in [5.41, 5.74) is 0.499. The molecule has 0 radical (unpaired) electrons. The van der Waals surface area contributed by atoms with Gasteiger partial charge in [0.15, 0.2) is 0 Å². The smallest absolute Gasteiger partial charge is 0.347 e. The Balaban J connectivity index is 0. The Morgan fingerprint density at radius 3 is 1.88 bits per heavy atom. The van der Waals surface area contributed by atoms with E-state index < -0.39 is 8.25 Å². The highest BCUT2D eigenvalue weighted by Crippen LogP contribution is 2.13. The SMILES string of the molecule is C=C(C)C(=O)NC(C)(CC)CC.O=[P+](O)O. The highest BCUT2D eigenvalue weighted by atomic mass is 31.1. The van der Waals surface area contributed by atoms with Crippen LogP contribution >= 0.6 is 8.25 Å². The molecule has 0 spiro atoms. The molecular formula is C10H21NO4P+. The monoisotopic (exact) mass is 250 g/mol. The van der Waals surface area contributed by atoms with Crippen LogP contribution in [-0.4, -0.2) is 21.2 Å². The van der Waals surface area contributed by atoms with Gasteiger partial charge in [0, 0.05) is 15.7 Å². The molecule has 0 aliphatic carbocycles. The van der Waals surface area contributed by atoms with Gasteiger partial charge in [0.05, 0.1) is 0 Å². The van der Waals surface area contributed by atoms with E-state index in [4.69, 9.17) is 14.4 Å². The molecule has 0 bridgehead atoms. The first-order valence-corrected chi connectivity index (χ1v) is 6.18. The van der Waals surface area contributed by atoms with Crippen LogP contribution in [-0.2, 0) is 9.36 Å². The predicted octanol–water partition coefficient (Wildman–Crippen LogP) is 1.89. The Labute approximate surface area is 97.5 Å². The minimum Gasteiger partial charge on any atom is -0.347 e. The quantitative estimate of drug-likeness (QED) is 0.525. The van der Waals surface area contributed by atoms with E-state index in [2.05, 4.69) is 25.7 Å². The van der Waals surface area contributed by atoms with Crippen LogP contribution in [0, 0.1) is 0 Å². The fourth-order valence-electron chi connectivity index (χ4n) is 0.808. The first kappa shape index (κ1) is 17.6. The topological polar surface area (TPSA) is 86.6 Å². The fourth-order valence-corrected chi connectivity index (χ4v) is 0.808. The molecule has 0 aromatic carbocycles. The maximum atomic E-state index is 11.3. The molecular weight excluding hydrogens is 229 g/mol. The molecule has 0 aromatic rings. The van der Waals surface area contributed by atoms with Crippen LogP contribution in [0.4, 0.5) is 0 Å². The van der Waals surface area contributed by atoms with E-state index in [-0.39, 0.29) is 11.4 Å². The summed E-state index contributed by atoms with van der Waals surface area (Å²) >= 11 is 0. The summed E-state index contributed by atoms with van der Waals surface area (Å²) in [7, 11) is -2.87. The second kappa shape index (κ2) is 8.39. The largest absolute Gasteiger partial charge is 0.692 e. The van der Waals surface area contributed by atoms with Crippen molar-refractivity contribution in [3.63, 3.8) is 0 Å². The van der Waals surface area contributed by atoms with Gasteiger partial charge in [0.25, 0.3) is 0 Å². The maximum absolute atomic E-state index is 11.3. The van der Waals surface area contributed by atoms with Gasteiger partial charge in [-0.15, -0.1) is 9.79 Å². The number of carbonyl (C=O) groups is 1. The molecule has 1 amide bonds. The van der Waals surface area contributed by atoms with E-state index in [1.165, 1.54) is 0 Å². The van der Waals surface area contributed by atoms with E-state index in [1.807, 2.05) is 6.92 Å². The van der Waals surface area contributed by atoms with Crippen molar-refractivity contribution in [2.45, 2.75) is 46.1 Å². The summed E-state index contributed by atoms with van der Waals surface area (Å²) in [6.07, 6.45) is 1.89. The molecule has 0 heterocycles. The van der Waals surface area contributed by atoms with Crippen LogP contribution in [0.5, 0.6) is 0 Å². The van der Waals surface area contributed by atoms with Gasteiger partial charge >= 0.3 is 8.25 Å². The van der Waals surface area contributed by atoms with Crippen molar-refractivity contribution in [2.75, 3.05) is 0 Å². The number of hydrogen-bond donors (Lipinski definition) is 3. The molecule has 0 aromatic heterocycles. The summed E-state index contributed by atoms with van der Waals surface area (Å²) in [6, 6.07) is 0. The summed E-state index contributed by atoms with van der Waals surface area (Å²) in [4.78, 5) is 25.5. The summed E-state index contributed by atoms with van der Waals surface area (Å²) in [5.74, 6) is -0.0406. The Morgan fingerprint density at radius 2 is 1.69 bits per heavy atom. The number of carbonyl (C=O) groups excluding carboxylic acids is 1. The van der Waals surface area contributed by atoms with Crippen LogP contribution < -0.4 is 5.32 Å². The van der Waals surface area contributed by atoms with Crippen molar-refractivity contribution in [3.05, 3.63) is 12.2 Å². The van der Waals surface area contributed by atoms with Gasteiger partial charge in [-0.3, -0.25) is 4.79 Å². The fraction of sp³-hybridized carbons (Fsp3) is 0.700. The van der Waals surface area contributed by atoms with Gasteiger partial charge in [0.2, 0.25) is 5.91 Å². The molecule has 0 unspecified atom stereocenters. The number of nitrogens with one attached hydrogen (secondary N) is 1. The van der Waals surface area contributed by atoms with Gasteiger partial charge in [0.1, 0.15) is 0 Å². The normalized spacial score (nSPS) is 9.88. The van der Waals surface area contributed by atoms with E-state index in [0.717, 1.165) is 12.8 Å². The zero-order valence-electron chi connectivity index (χ0n) is 10.3. The Bertz CT molecular complexity index is 258. The van der Waals surface area contributed by atoms with E-state index in [1.54, 1.807) is 6.92 Å². The summed E-state index contributed by atoms with van der Waals surface area (Å²) in [5, 5.41) is 2.95. The van der Waals surface area contributed by atoms with Crippen molar-refractivity contribution < 1.29 is 19.1 Å². The molecule has 0 saturated heterocycles. The second-order valence-electron chi connectivity index (χ2n) is 3.75. The third-order valence-corrected chi connectivity index (χ3v) is 2.36. The summed E-state index contributed by atoms with van der Waals surface area (Å²) < 4.78 is 8.70. The van der Waals surface area contributed by atoms with E-state index in [9.17, 15) is 4.79 Å². The molecule has 0 saturated carbocycles. The van der Waals surface area contributed by atoms with Gasteiger partial charge in [-0.25, -0.2) is 0 Å². The van der Waals surface area contributed by atoms with Crippen molar-refractivity contribution in [1.82, 2.24) is 5.32 Å². The molecule has 6 heteroatoms. The van der Waals surface area contributed by atoms with E-state index in [0.29, 0.717) is 5.57 Å². The predicted molar refractivity (Wildman–Crippen MR) is 64.0 cm³/mol. The molecule has 0 aliphatic rings. The lowest BCUT2D eigenvalue weighted by atomic mass is 9.95. The summed E-state index contributed by atoms with van der Waals surface area (Å²) in [6.45, 7) is 11.5. The van der Waals surface area contributed by atoms with Crippen LogP contribution in [0.1, 0.15) is 40.5 Å². The van der Waals surface area contributed by atoms with Gasteiger partial charge in [-0.2, -0.15) is 0 Å². The molecule has 0 atom stereocenters. The highest BCUT2D eigenvalue weighted by Gasteiger charge is 2.21. The highest BCUT2D eigenvalue weighted by molar-refractivity contribution is 7.30. The zero-order chi connectivity index (χ0) is 13.4. The molecule has 0 rings (SSSR count). The third-order valence-electron chi connectivity index (χ3n) is 2.36. The lowest BCUT2D eigenvalue weighted by molar-refractivity contribution is -0.119. The molecule has 94 valence electrons. The molecule has 3 N–H and O–H groups in total. The molecule has 0 fully saturated rings. The second-order valence-corrected chi connectivity index (χ2v) is 4.26. The zero-order valence-corrected chi connectivity index (χ0v) is 11.2. The average molecular weight is 250 g/mol. The molecule has 0 aliphatic heterocycles. The minimum atomic E-state index is -2.87. The van der Waals surface area contributed by atoms with Crippen LogP contribution in [0.2, 0.25) is 0 Å². The number of amides is 1. The van der Waals surface area contributed by atoms with E-state index >= 15 is 0 Å². The standard InChI is InChI=1S/C10H19NO.HO3P/c1-6-10(5,7-2)11-9(12)8(3)4;1-4(2)3/h3,6-7H2,1-2,4-5H3,(H,11,12);(H-,1,2,3)/p+1. The van der Waals surface area contributed by atoms with Crippen molar-refractivity contribution in [1.29, 1.82) is 0 Å². The Kier molecular flexibility index (Phi) is 9.24. The number of rotatable bonds is 4. The average Bonchev–Trinajstić information content (AvgIpc) is 2.16. The van der Waals surface area contributed by atoms with Crippen LogP contribution in [0.25, 0.3) is 0 Å². The Hall–Kier alpha value is -0.770. The molecule has 16 heavy (non-hydrogen) atoms. The van der Waals surface area contributed by atoms with Gasteiger partial charge in [-0.1, -0.05) is 20.4 Å². The van der Waals surface area contributed by atoms with Crippen LogP contribution in [0.15, 0.2) is 12.2 Å². The third kappa shape index (κ3) is 9.77. The number of hydrogen-bond acceptors (Lipinski definition) is 2. The van der Waals surface area contributed by atoms with Gasteiger partial charge in [-0.05, 0) is 26.7 Å². The first-order valence-electron chi connectivity index (χ1n) is 5.01. The van der Waals surface area contributed by atoms with Crippen LogP contribution in [0.3, 0.4) is 0 Å². The maximum Gasteiger partial charge on any atom is 0.692 e. The van der Waals surface area contributed by atoms with Gasteiger partial charge < -0.3 is 5.32 Å². The molecule has 5 nitrogen and oxygen atoms in total. The van der Waals surface area contributed by atoms with Crippen molar-refractivity contribution >= 4 is 14.2 Å². The lowest BCUT2D eigenvalue weighted by Gasteiger charge is -2.28. The van der Waals surface area contributed by atoms with Crippen molar-refractivity contribution in [3.8, 4) is 0 Å². The minimum absolute atomic E-state index is 0.0406. The lowest BCUT2D eigenvalue weighted by Crippen LogP contribution is -2.45. The first-order chi connectivity index (χ1) is 7.18. The Morgan fingerprint density at radius 1 is 1.38 bits per heavy atom. The van der Waals surface area contributed by atoms with Crippen molar-refractivity contribution in [2.24, 2.45) is 0 Å².